The van der Waals surface area contributed by atoms with Crippen LogP contribution in [0.4, 0.5) is 0 Å². The summed E-state index contributed by atoms with van der Waals surface area (Å²) >= 11 is 0. The van der Waals surface area contributed by atoms with E-state index in [9.17, 15) is 14.4 Å². The van der Waals surface area contributed by atoms with Crippen LogP contribution in [0.15, 0.2) is 29.1 Å². The molecule has 8 heteroatoms. The molecule has 1 aromatic carbocycles. The van der Waals surface area contributed by atoms with Crippen molar-refractivity contribution < 1.29 is 14.3 Å². The van der Waals surface area contributed by atoms with Crippen molar-refractivity contribution >= 4 is 22.7 Å². The van der Waals surface area contributed by atoms with Crippen LogP contribution in [0.5, 0.6) is 0 Å². The molecule has 0 spiro atoms. The third kappa shape index (κ3) is 4.49. The molecule has 2 aliphatic rings. The van der Waals surface area contributed by atoms with E-state index in [2.05, 4.69) is 4.98 Å². The molecule has 0 aliphatic carbocycles. The zero-order chi connectivity index (χ0) is 22.1. The van der Waals surface area contributed by atoms with Crippen molar-refractivity contribution in [2.24, 2.45) is 5.92 Å². The number of likely N-dealkylation sites (tertiary alicyclic amines) is 1. The molecule has 1 aromatic heterocycles. The first-order valence-electron chi connectivity index (χ1n) is 11.0. The Kier molecular flexibility index (Phi) is 6.09. The highest BCUT2D eigenvalue weighted by Crippen LogP contribution is 2.22. The molecular weight excluding hydrogens is 396 g/mol. The second-order valence-electron chi connectivity index (χ2n) is 8.72. The van der Waals surface area contributed by atoms with Gasteiger partial charge in [0.1, 0.15) is 12.4 Å². The Morgan fingerprint density at radius 1 is 1.06 bits per heavy atom. The maximum absolute atomic E-state index is 12.9. The van der Waals surface area contributed by atoms with Crippen molar-refractivity contribution in [2.45, 2.75) is 52.4 Å². The van der Waals surface area contributed by atoms with Crippen molar-refractivity contribution in [2.75, 3.05) is 26.2 Å². The molecule has 2 atom stereocenters. The molecule has 8 nitrogen and oxygen atoms in total. The number of aryl methyl sites for hydroxylation is 1. The molecule has 0 N–H and O–H groups in total. The molecule has 2 aliphatic heterocycles. The van der Waals surface area contributed by atoms with E-state index >= 15 is 0 Å². The highest BCUT2D eigenvalue weighted by Gasteiger charge is 2.33. The number of morpholine rings is 1. The number of ether oxygens (including phenoxy) is 1. The van der Waals surface area contributed by atoms with Gasteiger partial charge in [-0.05, 0) is 45.7 Å². The van der Waals surface area contributed by atoms with Gasteiger partial charge in [-0.1, -0.05) is 12.1 Å². The lowest BCUT2D eigenvalue weighted by atomic mass is 9.94. The smallest absolute Gasteiger partial charge is 0.261 e. The Morgan fingerprint density at radius 2 is 1.71 bits per heavy atom. The molecular formula is C23H30N4O4. The Labute approximate surface area is 181 Å². The third-order valence-corrected chi connectivity index (χ3v) is 6.27. The SMILES string of the molecule is Cc1nc2ccccc2c(=O)n1CC(=O)N1CCC(C(=O)N2CC(C)OC(C)C2)CC1. The fourth-order valence-corrected chi connectivity index (χ4v) is 4.69. The molecule has 0 saturated carbocycles. The summed E-state index contributed by atoms with van der Waals surface area (Å²) < 4.78 is 7.17. The van der Waals surface area contributed by atoms with Gasteiger partial charge in [0, 0.05) is 32.1 Å². The summed E-state index contributed by atoms with van der Waals surface area (Å²) in [6.45, 7) is 8.00. The van der Waals surface area contributed by atoms with Crippen molar-refractivity contribution in [1.29, 1.82) is 0 Å². The number of benzene rings is 1. The summed E-state index contributed by atoms with van der Waals surface area (Å²) in [4.78, 5) is 46.8. The molecule has 4 rings (SSSR count). The lowest BCUT2D eigenvalue weighted by Gasteiger charge is -2.39. The average molecular weight is 427 g/mol. The predicted octanol–water partition coefficient (Wildman–Crippen LogP) is 1.58. The van der Waals surface area contributed by atoms with Crippen LogP contribution in [-0.4, -0.2) is 69.6 Å². The number of amides is 2. The predicted molar refractivity (Wildman–Crippen MR) is 117 cm³/mol. The maximum Gasteiger partial charge on any atom is 0.261 e. The largest absolute Gasteiger partial charge is 0.372 e. The first-order chi connectivity index (χ1) is 14.8. The lowest BCUT2D eigenvalue weighted by Crippen LogP contribution is -2.52. The van der Waals surface area contributed by atoms with E-state index < -0.39 is 0 Å². The number of hydrogen-bond donors (Lipinski definition) is 0. The van der Waals surface area contributed by atoms with Crippen LogP contribution >= 0.6 is 0 Å². The van der Waals surface area contributed by atoms with Gasteiger partial charge in [0.25, 0.3) is 5.56 Å². The van der Waals surface area contributed by atoms with E-state index in [0.29, 0.717) is 55.7 Å². The van der Waals surface area contributed by atoms with Gasteiger partial charge in [0.15, 0.2) is 0 Å². The molecule has 2 aromatic rings. The number of piperidine rings is 1. The van der Waals surface area contributed by atoms with Crippen LogP contribution in [0.2, 0.25) is 0 Å². The van der Waals surface area contributed by atoms with Crippen LogP contribution < -0.4 is 5.56 Å². The lowest BCUT2D eigenvalue weighted by molar-refractivity contribution is -0.150. The number of nitrogens with zero attached hydrogens (tertiary/aromatic N) is 4. The van der Waals surface area contributed by atoms with E-state index in [1.54, 1.807) is 30.0 Å². The number of carbonyl (C=O) groups is 2. The number of hydrogen-bond acceptors (Lipinski definition) is 5. The minimum Gasteiger partial charge on any atom is -0.372 e. The van der Waals surface area contributed by atoms with Gasteiger partial charge in [-0.2, -0.15) is 0 Å². The van der Waals surface area contributed by atoms with Crippen LogP contribution in [-0.2, 0) is 20.9 Å². The normalized spacial score (nSPS) is 22.7. The van der Waals surface area contributed by atoms with E-state index in [4.69, 9.17) is 4.74 Å². The number of aromatic nitrogens is 2. The molecule has 2 amide bonds. The van der Waals surface area contributed by atoms with E-state index in [-0.39, 0.29) is 42.0 Å². The minimum atomic E-state index is -0.197. The second kappa shape index (κ2) is 8.78. The van der Waals surface area contributed by atoms with Crippen LogP contribution in [0, 0.1) is 12.8 Å². The molecule has 3 heterocycles. The molecule has 2 fully saturated rings. The van der Waals surface area contributed by atoms with Gasteiger partial charge in [-0.3, -0.25) is 19.0 Å². The van der Waals surface area contributed by atoms with E-state index in [1.807, 2.05) is 24.8 Å². The topological polar surface area (TPSA) is 84.7 Å². The van der Waals surface area contributed by atoms with Gasteiger partial charge in [-0.15, -0.1) is 0 Å². The number of fused-ring (bicyclic) bond motifs is 1. The number of para-hydroxylation sites is 1. The number of rotatable bonds is 3. The molecule has 0 radical (unpaired) electrons. The monoisotopic (exact) mass is 426 g/mol. The zero-order valence-corrected chi connectivity index (χ0v) is 18.4. The third-order valence-electron chi connectivity index (χ3n) is 6.27. The van der Waals surface area contributed by atoms with Crippen molar-refractivity contribution in [3.05, 3.63) is 40.4 Å². The molecule has 0 bridgehead atoms. The fraction of sp³-hybridized carbons (Fsp3) is 0.565. The van der Waals surface area contributed by atoms with Crippen LogP contribution in [0.25, 0.3) is 10.9 Å². The average Bonchev–Trinajstić information content (AvgIpc) is 2.75. The van der Waals surface area contributed by atoms with E-state index in [0.717, 1.165) is 0 Å². The summed E-state index contributed by atoms with van der Waals surface area (Å²) in [5, 5.41) is 0.513. The first-order valence-corrected chi connectivity index (χ1v) is 11.0. The van der Waals surface area contributed by atoms with Crippen LogP contribution in [0.3, 0.4) is 0 Å². The molecule has 166 valence electrons. The highest BCUT2D eigenvalue weighted by atomic mass is 16.5. The summed E-state index contributed by atoms with van der Waals surface area (Å²) in [6, 6.07) is 7.17. The van der Waals surface area contributed by atoms with Crippen molar-refractivity contribution in [1.82, 2.24) is 19.4 Å². The molecule has 2 saturated heterocycles. The zero-order valence-electron chi connectivity index (χ0n) is 18.4. The van der Waals surface area contributed by atoms with Crippen molar-refractivity contribution in [3.8, 4) is 0 Å². The molecule has 2 unspecified atom stereocenters. The fourth-order valence-electron chi connectivity index (χ4n) is 4.69. The maximum atomic E-state index is 12.9. The Bertz CT molecular complexity index is 1030. The summed E-state index contributed by atoms with van der Waals surface area (Å²) in [7, 11) is 0. The highest BCUT2D eigenvalue weighted by molar-refractivity contribution is 5.81. The minimum absolute atomic E-state index is 0.0282. The number of carbonyl (C=O) groups excluding carboxylic acids is 2. The Hall–Kier alpha value is -2.74. The second-order valence-corrected chi connectivity index (χ2v) is 8.72. The van der Waals surface area contributed by atoms with Crippen LogP contribution in [0.1, 0.15) is 32.5 Å². The van der Waals surface area contributed by atoms with Gasteiger partial charge >= 0.3 is 0 Å². The Morgan fingerprint density at radius 3 is 2.39 bits per heavy atom. The van der Waals surface area contributed by atoms with Gasteiger partial charge < -0.3 is 14.5 Å². The summed E-state index contributed by atoms with van der Waals surface area (Å²) in [5.41, 5.74) is 0.442. The van der Waals surface area contributed by atoms with Gasteiger partial charge in [0.05, 0.1) is 23.1 Å². The summed E-state index contributed by atoms with van der Waals surface area (Å²) in [6.07, 6.45) is 1.39. The Balaban J connectivity index is 1.38. The quantitative estimate of drug-likeness (QED) is 0.744. The standard InChI is InChI=1S/C23H30N4O4/c1-15-12-26(13-16(2)31-15)22(29)18-8-10-25(11-9-18)21(28)14-27-17(3)24-20-7-5-4-6-19(20)23(27)30/h4-7,15-16,18H,8-14H2,1-3H3. The van der Waals surface area contributed by atoms with Crippen molar-refractivity contribution in [3.63, 3.8) is 0 Å². The summed E-state index contributed by atoms with van der Waals surface area (Å²) in [5.74, 6) is 0.521. The van der Waals surface area contributed by atoms with E-state index in [1.165, 1.54) is 4.57 Å². The van der Waals surface area contributed by atoms with Gasteiger partial charge in [0.2, 0.25) is 11.8 Å². The van der Waals surface area contributed by atoms with Gasteiger partial charge in [-0.25, -0.2) is 4.98 Å². The first kappa shape index (κ1) is 21.5. The molecule has 31 heavy (non-hydrogen) atoms.